The Bertz CT molecular complexity index is 673. The van der Waals surface area contributed by atoms with Crippen molar-refractivity contribution in [2.75, 3.05) is 0 Å². The molecule has 2 aromatic carbocycles. The highest BCUT2D eigenvalue weighted by molar-refractivity contribution is 5.83. The molecule has 4 nitrogen and oxygen atoms in total. The van der Waals surface area contributed by atoms with Gasteiger partial charge in [-0.25, -0.2) is 4.39 Å². The monoisotopic (exact) mass is 270 g/mol. The van der Waals surface area contributed by atoms with Crippen molar-refractivity contribution < 1.29 is 4.39 Å². The van der Waals surface area contributed by atoms with E-state index >= 15 is 0 Å². The topological polar surface area (TPSA) is 76.8 Å². The van der Waals surface area contributed by atoms with Crippen LogP contribution >= 0.6 is 0 Å². The van der Waals surface area contributed by atoms with Gasteiger partial charge in [0.15, 0.2) is 0 Å². The number of benzene rings is 2. The van der Waals surface area contributed by atoms with E-state index in [0.717, 1.165) is 16.7 Å². The van der Waals surface area contributed by atoms with Gasteiger partial charge in [0.1, 0.15) is 5.82 Å². The lowest BCUT2D eigenvalue weighted by molar-refractivity contribution is 0.619. The average molecular weight is 270 g/mol. The van der Waals surface area contributed by atoms with Crippen molar-refractivity contribution in [2.45, 2.75) is 6.92 Å². The van der Waals surface area contributed by atoms with Crippen LogP contribution in [0.4, 0.5) is 4.39 Å². The van der Waals surface area contributed by atoms with E-state index in [4.69, 9.17) is 11.5 Å². The summed E-state index contributed by atoms with van der Waals surface area (Å²) in [6, 6.07) is 12.7. The third kappa shape index (κ3) is 3.41. The molecule has 0 aliphatic rings. The zero-order valence-corrected chi connectivity index (χ0v) is 11.0. The summed E-state index contributed by atoms with van der Waals surface area (Å²) in [7, 11) is 0. The first-order valence-corrected chi connectivity index (χ1v) is 6.05. The molecule has 0 heterocycles. The Hall–Kier alpha value is -2.69. The van der Waals surface area contributed by atoms with Gasteiger partial charge < -0.3 is 11.5 Å². The first kappa shape index (κ1) is 13.7. The molecule has 2 rings (SSSR count). The molecule has 0 bridgehead atoms. The second-order valence-corrected chi connectivity index (χ2v) is 4.36. The largest absolute Gasteiger partial charge is 0.369 e. The minimum atomic E-state index is -0.209. The fourth-order valence-corrected chi connectivity index (χ4v) is 1.78. The molecule has 0 fully saturated rings. The average Bonchev–Trinajstić information content (AvgIpc) is 2.42. The molecule has 5 heteroatoms. The van der Waals surface area contributed by atoms with Crippen molar-refractivity contribution in [3.05, 3.63) is 59.4 Å². The maximum Gasteiger partial charge on any atom is 0.211 e. The predicted octanol–water partition coefficient (Wildman–Crippen LogP) is 2.41. The van der Waals surface area contributed by atoms with Gasteiger partial charge >= 0.3 is 0 Å². The molecular formula is C15H15FN4. The lowest BCUT2D eigenvalue weighted by atomic mass is 10.0. The van der Waals surface area contributed by atoms with Gasteiger partial charge in [0, 0.05) is 0 Å². The summed E-state index contributed by atoms with van der Waals surface area (Å²) in [5.41, 5.74) is 13.8. The number of halogens is 1. The molecule has 0 aliphatic heterocycles. The summed E-state index contributed by atoms with van der Waals surface area (Å²) in [5, 5.41) is 7.30. The third-order valence-electron chi connectivity index (χ3n) is 2.76. The van der Waals surface area contributed by atoms with E-state index in [1.165, 1.54) is 6.07 Å². The molecule has 0 spiro atoms. The van der Waals surface area contributed by atoms with E-state index < -0.39 is 0 Å². The van der Waals surface area contributed by atoms with Crippen LogP contribution in [0.3, 0.4) is 0 Å². The SMILES string of the molecule is Cc1cc(-c2cccc(C=NN=C(N)N)c2)ccc1F. The van der Waals surface area contributed by atoms with Gasteiger partial charge in [-0.3, -0.25) is 0 Å². The number of guanidine groups is 1. The summed E-state index contributed by atoms with van der Waals surface area (Å²) in [6.07, 6.45) is 1.56. The summed E-state index contributed by atoms with van der Waals surface area (Å²) in [5.74, 6) is -0.300. The van der Waals surface area contributed by atoms with E-state index in [0.29, 0.717) is 5.56 Å². The Kier molecular flexibility index (Phi) is 4.10. The Balaban J connectivity index is 2.31. The van der Waals surface area contributed by atoms with E-state index in [2.05, 4.69) is 10.2 Å². The Morgan fingerprint density at radius 1 is 1.10 bits per heavy atom. The molecular weight excluding hydrogens is 255 g/mol. The number of aryl methyl sites for hydroxylation is 1. The van der Waals surface area contributed by atoms with Gasteiger partial charge in [-0.15, -0.1) is 5.10 Å². The summed E-state index contributed by atoms with van der Waals surface area (Å²) in [6.45, 7) is 1.74. The zero-order valence-electron chi connectivity index (χ0n) is 11.0. The van der Waals surface area contributed by atoms with E-state index in [-0.39, 0.29) is 11.8 Å². The molecule has 0 unspecified atom stereocenters. The second kappa shape index (κ2) is 5.97. The first-order valence-electron chi connectivity index (χ1n) is 6.05. The molecule has 4 N–H and O–H groups in total. The maximum absolute atomic E-state index is 13.3. The molecule has 20 heavy (non-hydrogen) atoms. The Morgan fingerprint density at radius 3 is 2.55 bits per heavy atom. The number of hydrogen-bond acceptors (Lipinski definition) is 2. The van der Waals surface area contributed by atoms with Crippen molar-refractivity contribution in [2.24, 2.45) is 21.7 Å². The lowest BCUT2D eigenvalue weighted by Gasteiger charge is -2.04. The summed E-state index contributed by atoms with van der Waals surface area (Å²) in [4.78, 5) is 0. The van der Waals surface area contributed by atoms with Crippen LogP contribution < -0.4 is 11.5 Å². The van der Waals surface area contributed by atoms with Crippen LogP contribution in [0.15, 0.2) is 52.7 Å². The molecule has 0 radical (unpaired) electrons. The Morgan fingerprint density at radius 2 is 1.85 bits per heavy atom. The van der Waals surface area contributed by atoms with Crippen LogP contribution in [0.2, 0.25) is 0 Å². The highest BCUT2D eigenvalue weighted by Gasteiger charge is 2.02. The fraction of sp³-hybridized carbons (Fsp3) is 0.0667. The first-order chi connectivity index (χ1) is 9.56. The minimum Gasteiger partial charge on any atom is -0.369 e. The molecule has 0 atom stereocenters. The van der Waals surface area contributed by atoms with Crippen LogP contribution in [0.1, 0.15) is 11.1 Å². The smallest absolute Gasteiger partial charge is 0.211 e. The highest BCUT2D eigenvalue weighted by atomic mass is 19.1. The van der Waals surface area contributed by atoms with E-state index in [1.807, 2.05) is 30.3 Å². The van der Waals surface area contributed by atoms with Gasteiger partial charge in [-0.05, 0) is 47.4 Å². The van der Waals surface area contributed by atoms with Gasteiger partial charge in [0.05, 0.1) is 6.21 Å². The molecule has 0 aromatic heterocycles. The summed E-state index contributed by atoms with van der Waals surface area (Å²) >= 11 is 0. The van der Waals surface area contributed by atoms with Crippen LogP contribution in [-0.2, 0) is 0 Å². The van der Waals surface area contributed by atoms with Crippen molar-refractivity contribution in [1.29, 1.82) is 0 Å². The molecule has 0 amide bonds. The van der Waals surface area contributed by atoms with E-state index in [9.17, 15) is 4.39 Å². The van der Waals surface area contributed by atoms with Crippen molar-refractivity contribution in [3.8, 4) is 11.1 Å². The molecule has 0 saturated heterocycles. The lowest BCUT2D eigenvalue weighted by Crippen LogP contribution is -2.21. The molecule has 0 aliphatic carbocycles. The molecule has 0 saturated carbocycles. The fourth-order valence-electron chi connectivity index (χ4n) is 1.78. The molecule has 102 valence electrons. The van der Waals surface area contributed by atoms with Crippen LogP contribution in [-0.4, -0.2) is 12.2 Å². The number of nitrogens with two attached hydrogens (primary N) is 2. The number of nitrogens with zero attached hydrogens (tertiary/aromatic N) is 2. The Labute approximate surface area is 116 Å². The maximum atomic E-state index is 13.3. The number of rotatable bonds is 3. The second-order valence-electron chi connectivity index (χ2n) is 4.36. The predicted molar refractivity (Wildman–Crippen MR) is 80.0 cm³/mol. The number of hydrogen-bond donors (Lipinski definition) is 2. The van der Waals surface area contributed by atoms with E-state index in [1.54, 1.807) is 19.2 Å². The standard InChI is InChI=1S/C15H15FN4/c1-10-7-13(5-6-14(10)16)12-4-2-3-11(8-12)9-19-20-15(17)18/h2-9H,1H3,(H4,17,18,20). The normalized spacial score (nSPS) is 10.7. The molecule has 2 aromatic rings. The van der Waals surface area contributed by atoms with Crippen LogP contribution in [0.5, 0.6) is 0 Å². The summed E-state index contributed by atoms with van der Waals surface area (Å²) < 4.78 is 13.3. The van der Waals surface area contributed by atoms with Crippen molar-refractivity contribution in [3.63, 3.8) is 0 Å². The van der Waals surface area contributed by atoms with Gasteiger partial charge in [-0.2, -0.15) is 5.10 Å². The van der Waals surface area contributed by atoms with Crippen LogP contribution in [0, 0.1) is 12.7 Å². The third-order valence-corrected chi connectivity index (χ3v) is 2.76. The van der Waals surface area contributed by atoms with Gasteiger partial charge in [0.2, 0.25) is 5.96 Å². The zero-order chi connectivity index (χ0) is 14.5. The van der Waals surface area contributed by atoms with Crippen LogP contribution in [0.25, 0.3) is 11.1 Å². The van der Waals surface area contributed by atoms with Crippen molar-refractivity contribution in [1.82, 2.24) is 0 Å². The quantitative estimate of drug-likeness (QED) is 0.510. The van der Waals surface area contributed by atoms with Crippen molar-refractivity contribution >= 4 is 12.2 Å². The van der Waals surface area contributed by atoms with Gasteiger partial charge in [-0.1, -0.05) is 24.3 Å². The highest BCUT2D eigenvalue weighted by Crippen LogP contribution is 2.22. The van der Waals surface area contributed by atoms with Gasteiger partial charge in [0.25, 0.3) is 0 Å². The minimum absolute atomic E-state index is 0.0911.